The van der Waals surface area contributed by atoms with Crippen LogP contribution in [0, 0.1) is 0 Å². The summed E-state index contributed by atoms with van der Waals surface area (Å²) in [7, 11) is 0. The summed E-state index contributed by atoms with van der Waals surface area (Å²) in [5.74, 6) is -0.0232. The van der Waals surface area contributed by atoms with Crippen molar-refractivity contribution in [1.82, 2.24) is 5.32 Å². The number of amides is 1. The minimum atomic E-state index is -0.0232. The fourth-order valence-corrected chi connectivity index (χ4v) is 3.75. The predicted molar refractivity (Wildman–Crippen MR) is 72.7 cm³/mol. The zero-order valence-corrected chi connectivity index (χ0v) is 11.7. The maximum atomic E-state index is 12.2. The molecule has 3 N–H and O–H groups in total. The third-order valence-electron chi connectivity index (χ3n) is 3.31. The van der Waals surface area contributed by atoms with Crippen molar-refractivity contribution in [3.63, 3.8) is 0 Å². The Balaban J connectivity index is 2.45. The lowest BCUT2D eigenvalue weighted by Crippen LogP contribution is -2.32. The zero-order valence-electron chi connectivity index (χ0n) is 10.9. The number of hydrogen-bond acceptors (Lipinski definition) is 3. The van der Waals surface area contributed by atoms with Crippen LogP contribution >= 0.6 is 11.3 Å². The average molecular weight is 252 g/mol. The number of nitrogens with one attached hydrogen (secondary N) is 1. The minimum absolute atomic E-state index is 0.0232. The van der Waals surface area contributed by atoms with Crippen molar-refractivity contribution in [2.45, 2.75) is 52.0 Å². The second-order valence-corrected chi connectivity index (χ2v) is 6.79. The summed E-state index contributed by atoms with van der Waals surface area (Å²) in [5, 5.41) is 3.61. The first-order valence-corrected chi connectivity index (χ1v) is 6.87. The Labute approximate surface area is 106 Å². The van der Waals surface area contributed by atoms with Crippen LogP contribution in [0.15, 0.2) is 0 Å². The second-order valence-electron chi connectivity index (χ2n) is 5.65. The van der Waals surface area contributed by atoms with Gasteiger partial charge in [-0.25, -0.2) is 0 Å². The van der Waals surface area contributed by atoms with Gasteiger partial charge in [0.05, 0.1) is 10.6 Å². The SMILES string of the molecule is CC(C)NC(=O)c1c(N)sc2c1C(C)(C)CC2. The summed E-state index contributed by atoms with van der Waals surface area (Å²) in [6.07, 6.45) is 2.16. The fourth-order valence-electron chi connectivity index (χ4n) is 2.50. The second kappa shape index (κ2) is 4.02. The maximum Gasteiger partial charge on any atom is 0.254 e. The van der Waals surface area contributed by atoms with Gasteiger partial charge in [0.25, 0.3) is 5.91 Å². The van der Waals surface area contributed by atoms with Crippen LogP contribution in [0.2, 0.25) is 0 Å². The molecule has 0 saturated heterocycles. The number of aryl methyl sites for hydroxylation is 1. The summed E-state index contributed by atoms with van der Waals surface area (Å²) >= 11 is 1.58. The number of rotatable bonds is 2. The number of anilines is 1. The number of thiophene rings is 1. The van der Waals surface area contributed by atoms with Crippen LogP contribution in [0.25, 0.3) is 0 Å². The van der Waals surface area contributed by atoms with Crippen LogP contribution in [0.4, 0.5) is 5.00 Å². The maximum absolute atomic E-state index is 12.2. The van der Waals surface area contributed by atoms with Gasteiger partial charge in [0.15, 0.2) is 0 Å². The molecule has 3 nitrogen and oxygen atoms in total. The van der Waals surface area contributed by atoms with E-state index < -0.39 is 0 Å². The van der Waals surface area contributed by atoms with E-state index in [9.17, 15) is 4.79 Å². The summed E-state index contributed by atoms with van der Waals surface area (Å²) in [4.78, 5) is 13.5. The Morgan fingerprint density at radius 3 is 2.71 bits per heavy atom. The molecule has 4 heteroatoms. The van der Waals surface area contributed by atoms with Crippen LogP contribution in [-0.2, 0) is 11.8 Å². The first-order chi connectivity index (χ1) is 7.83. The van der Waals surface area contributed by atoms with Crippen molar-refractivity contribution in [2.24, 2.45) is 0 Å². The molecule has 17 heavy (non-hydrogen) atoms. The van der Waals surface area contributed by atoms with Gasteiger partial charge in [0.1, 0.15) is 0 Å². The highest BCUT2D eigenvalue weighted by Gasteiger charge is 2.37. The van der Waals surface area contributed by atoms with Crippen LogP contribution in [-0.4, -0.2) is 11.9 Å². The van der Waals surface area contributed by atoms with Gasteiger partial charge in [-0.05, 0) is 37.7 Å². The summed E-state index contributed by atoms with van der Waals surface area (Å²) in [6, 6.07) is 0.141. The van der Waals surface area contributed by atoms with Crippen molar-refractivity contribution in [1.29, 1.82) is 0 Å². The molecule has 0 fully saturated rings. The quantitative estimate of drug-likeness (QED) is 0.850. The Hall–Kier alpha value is -1.03. The van der Waals surface area contributed by atoms with E-state index in [-0.39, 0.29) is 17.4 Å². The zero-order chi connectivity index (χ0) is 12.8. The molecule has 0 unspecified atom stereocenters. The van der Waals surface area contributed by atoms with E-state index in [1.165, 1.54) is 10.4 Å². The van der Waals surface area contributed by atoms with E-state index in [0.29, 0.717) is 5.00 Å². The highest BCUT2D eigenvalue weighted by atomic mass is 32.1. The van der Waals surface area contributed by atoms with E-state index >= 15 is 0 Å². The molecule has 1 aliphatic carbocycles. The van der Waals surface area contributed by atoms with Gasteiger partial charge >= 0.3 is 0 Å². The topological polar surface area (TPSA) is 55.1 Å². The van der Waals surface area contributed by atoms with Gasteiger partial charge in [-0.15, -0.1) is 11.3 Å². The Bertz CT molecular complexity index is 460. The third kappa shape index (κ3) is 2.06. The molecule has 0 spiro atoms. The number of hydrogen-bond donors (Lipinski definition) is 2. The van der Waals surface area contributed by atoms with Crippen molar-refractivity contribution >= 4 is 22.2 Å². The van der Waals surface area contributed by atoms with Gasteiger partial charge in [-0.2, -0.15) is 0 Å². The van der Waals surface area contributed by atoms with E-state index in [2.05, 4.69) is 19.2 Å². The minimum Gasteiger partial charge on any atom is -0.390 e. The molecule has 2 rings (SSSR count). The number of fused-ring (bicyclic) bond motifs is 1. The predicted octanol–water partition coefficient (Wildman–Crippen LogP) is 2.69. The molecule has 0 bridgehead atoms. The highest BCUT2D eigenvalue weighted by Crippen LogP contribution is 2.47. The van der Waals surface area contributed by atoms with Crippen molar-refractivity contribution in [3.8, 4) is 0 Å². The summed E-state index contributed by atoms with van der Waals surface area (Å²) < 4.78 is 0. The molecule has 1 amide bonds. The van der Waals surface area contributed by atoms with Crippen molar-refractivity contribution < 1.29 is 4.79 Å². The molecule has 0 radical (unpaired) electrons. The third-order valence-corrected chi connectivity index (χ3v) is 4.39. The van der Waals surface area contributed by atoms with Crippen LogP contribution in [0.1, 0.15) is 54.9 Å². The standard InChI is InChI=1S/C13H20N2OS/c1-7(2)15-12(16)9-10-8(17-11(9)14)5-6-13(10,3)4/h7H,5-6,14H2,1-4H3,(H,15,16). The van der Waals surface area contributed by atoms with Gasteiger partial charge in [0.2, 0.25) is 0 Å². The molecule has 0 aromatic carbocycles. The van der Waals surface area contributed by atoms with E-state index in [4.69, 9.17) is 5.73 Å². The molecule has 0 atom stereocenters. The molecule has 1 heterocycles. The van der Waals surface area contributed by atoms with Crippen LogP contribution < -0.4 is 11.1 Å². The monoisotopic (exact) mass is 252 g/mol. The van der Waals surface area contributed by atoms with Gasteiger partial charge < -0.3 is 11.1 Å². The lowest BCUT2D eigenvalue weighted by atomic mass is 9.85. The van der Waals surface area contributed by atoms with E-state index in [1.54, 1.807) is 11.3 Å². The van der Waals surface area contributed by atoms with Gasteiger partial charge in [0, 0.05) is 10.9 Å². The Morgan fingerprint density at radius 1 is 1.47 bits per heavy atom. The Morgan fingerprint density at radius 2 is 2.12 bits per heavy atom. The number of nitrogens with two attached hydrogens (primary N) is 1. The summed E-state index contributed by atoms with van der Waals surface area (Å²) in [5.41, 5.74) is 7.99. The Kier molecular flexibility index (Phi) is 2.94. The molecular formula is C13H20N2OS. The van der Waals surface area contributed by atoms with E-state index in [0.717, 1.165) is 18.4 Å². The molecule has 0 aliphatic heterocycles. The normalized spacial score (nSPS) is 17.2. The lowest BCUT2D eigenvalue weighted by Gasteiger charge is -2.20. The van der Waals surface area contributed by atoms with Gasteiger partial charge in [-0.3, -0.25) is 4.79 Å². The summed E-state index contributed by atoms with van der Waals surface area (Å²) in [6.45, 7) is 8.31. The number of carbonyl (C=O) groups excluding carboxylic acids is 1. The molecule has 0 saturated carbocycles. The van der Waals surface area contributed by atoms with Crippen LogP contribution in [0.5, 0.6) is 0 Å². The largest absolute Gasteiger partial charge is 0.390 e. The van der Waals surface area contributed by atoms with Crippen LogP contribution in [0.3, 0.4) is 0 Å². The number of nitrogen functional groups attached to an aromatic ring is 1. The lowest BCUT2D eigenvalue weighted by molar-refractivity contribution is 0.0942. The average Bonchev–Trinajstić information content (AvgIpc) is 2.63. The van der Waals surface area contributed by atoms with E-state index in [1.807, 2.05) is 13.8 Å². The molecule has 1 aliphatic rings. The van der Waals surface area contributed by atoms with Crippen molar-refractivity contribution in [2.75, 3.05) is 5.73 Å². The fraction of sp³-hybridized carbons (Fsp3) is 0.615. The smallest absolute Gasteiger partial charge is 0.254 e. The first-order valence-electron chi connectivity index (χ1n) is 6.05. The highest BCUT2D eigenvalue weighted by molar-refractivity contribution is 7.16. The molecule has 94 valence electrons. The molecule has 1 aromatic heterocycles. The first kappa shape index (κ1) is 12.4. The molecular weight excluding hydrogens is 232 g/mol. The molecule has 1 aromatic rings. The number of carbonyl (C=O) groups is 1. The van der Waals surface area contributed by atoms with Gasteiger partial charge in [-0.1, -0.05) is 13.8 Å². The van der Waals surface area contributed by atoms with Crippen molar-refractivity contribution in [3.05, 3.63) is 16.0 Å².